The molecule has 0 fully saturated rings. The summed E-state index contributed by atoms with van der Waals surface area (Å²) in [6.07, 6.45) is 8.03. The number of nitrogens with zero attached hydrogens (tertiary/aromatic N) is 5. The smallest absolute Gasteiger partial charge is 0.187 e. The van der Waals surface area contributed by atoms with Crippen LogP contribution in [0.25, 0.3) is 0 Å². The number of aromatic nitrogens is 2. The van der Waals surface area contributed by atoms with Crippen LogP contribution in [0.4, 0.5) is 21.5 Å². The van der Waals surface area contributed by atoms with Gasteiger partial charge in [0.1, 0.15) is 18.3 Å². The number of fused-ring (bicyclic) bond motifs is 1. The number of aliphatic imine (C=N–C) groups is 1. The molecule has 0 aliphatic carbocycles. The summed E-state index contributed by atoms with van der Waals surface area (Å²) < 4.78 is 13.7. The van der Waals surface area contributed by atoms with Crippen LogP contribution in [0.2, 0.25) is 10.0 Å². The number of anilines is 2. The summed E-state index contributed by atoms with van der Waals surface area (Å²) in [5, 5.41) is 16.9. The molecule has 2 N–H and O–H groups in total. The Kier molecular flexibility index (Phi) is 6.67. The molecule has 2 atom stereocenters. The molecular weight excluding hydrogens is 500 g/mol. The van der Waals surface area contributed by atoms with Crippen LogP contribution in [0.3, 0.4) is 0 Å². The molecule has 4 aromatic rings. The number of benzene rings is 2. The number of hydrogen-bond acceptors (Lipinski definition) is 7. The Morgan fingerprint density at radius 2 is 1.78 bits per heavy atom. The molecule has 7 nitrogen and oxygen atoms in total. The van der Waals surface area contributed by atoms with Crippen LogP contribution in [0.1, 0.15) is 29.0 Å². The maximum Gasteiger partial charge on any atom is 0.187 e. The fourth-order valence-corrected chi connectivity index (χ4v) is 4.41. The lowest BCUT2D eigenvalue weighted by molar-refractivity contribution is 0.476. The van der Waals surface area contributed by atoms with Crippen molar-refractivity contribution in [2.45, 2.75) is 12.2 Å². The van der Waals surface area contributed by atoms with E-state index in [-0.39, 0.29) is 11.1 Å². The summed E-state index contributed by atoms with van der Waals surface area (Å²) in [5.41, 5.74) is 4.19. The fourth-order valence-electron chi connectivity index (χ4n) is 3.96. The normalized spacial score (nSPS) is 15.1. The van der Waals surface area contributed by atoms with Gasteiger partial charge in [-0.1, -0.05) is 29.3 Å². The second-order valence-corrected chi connectivity index (χ2v) is 8.75. The van der Waals surface area contributed by atoms with Crippen molar-refractivity contribution in [3.05, 3.63) is 112 Å². The van der Waals surface area contributed by atoms with Gasteiger partial charge in [0.05, 0.1) is 27.5 Å². The first-order chi connectivity index (χ1) is 17.5. The molecule has 5 rings (SSSR count). The summed E-state index contributed by atoms with van der Waals surface area (Å²) in [6.45, 7) is 0. The molecule has 1 aliphatic rings. The molecule has 2 aromatic heterocycles. The number of halogens is 3. The van der Waals surface area contributed by atoms with E-state index >= 15 is 0 Å². The van der Waals surface area contributed by atoms with E-state index in [2.05, 4.69) is 31.8 Å². The predicted molar refractivity (Wildman–Crippen MR) is 139 cm³/mol. The first-order valence-corrected chi connectivity index (χ1v) is 11.6. The number of pyridine rings is 2. The third-order valence-electron chi connectivity index (χ3n) is 5.65. The van der Waals surface area contributed by atoms with Gasteiger partial charge in [-0.15, -0.1) is 0 Å². The second-order valence-electron chi connectivity index (χ2n) is 7.94. The van der Waals surface area contributed by atoms with Crippen LogP contribution in [0.5, 0.6) is 0 Å². The van der Waals surface area contributed by atoms with E-state index in [4.69, 9.17) is 23.2 Å². The van der Waals surface area contributed by atoms with Gasteiger partial charge < -0.3 is 10.6 Å². The second kappa shape index (κ2) is 10.2. The molecule has 3 heterocycles. The third kappa shape index (κ3) is 4.80. The Labute approximate surface area is 216 Å². The molecule has 0 amide bonds. The topological polar surface area (TPSA) is 89.2 Å². The lowest BCUT2D eigenvalue weighted by atomic mass is 10.0. The molecule has 0 saturated heterocycles. The van der Waals surface area contributed by atoms with Crippen LogP contribution < -0.4 is 10.6 Å². The van der Waals surface area contributed by atoms with Crippen molar-refractivity contribution in [1.29, 1.82) is 5.26 Å². The van der Waals surface area contributed by atoms with E-state index in [0.717, 1.165) is 11.3 Å². The monoisotopic (exact) mass is 517 g/mol. The highest BCUT2D eigenvalue weighted by Gasteiger charge is 2.28. The largest absolute Gasteiger partial charge is 0.373 e. The van der Waals surface area contributed by atoms with Crippen LogP contribution in [-0.2, 0) is 0 Å². The SMILES string of the molecule is N#CN1C=Nc2c(Cl)cc(NC(c3ccncc3)c3ccccn3)cc2C1Nc1ccc(F)c(Cl)c1. The van der Waals surface area contributed by atoms with E-state index in [1.165, 1.54) is 23.4 Å². The molecular formula is C26H18Cl2FN7. The van der Waals surface area contributed by atoms with Crippen molar-refractivity contribution in [3.8, 4) is 6.19 Å². The van der Waals surface area contributed by atoms with E-state index < -0.39 is 12.0 Å². The molecule has 10 heteroatoms. The van der Waals surface area contributed by atoms with Gasteiger partial charge in [-0.3, -0.25) is 9.97 Å². The number of nitriles is 1. The summed E-state index contributed by atoms with van der Waals surface area (Å²) >= 11 is 12.6. The lowest BCUT2D eigenvalue weighted by Crippen LogP contribution is -2.31. The summed E-state index contributed by atoms with van der Waals surface area (Å²) in [6, 6.07) is 17.2. The van der Waals surface area contributed by atoms with Gasteiger partial charge in [-0.2, -0.15) is 5.26 Å². The summed E-state index contributed by atoms with van der Waals surface area (Å²) in [5.74, 6) is -0.531. The van der Waals surface area contributed by atoms with Crippen LogP contribution >= 0.6 is 23.2 Å². The minimum atomic E-state index is -0.655. The van der Waals surface area contributed by atoms with Crippen molar-refractivity contribution in [2.75, 3.05) is 10.6 Å². The average Bonchev–Trinajstić information content (AvgIpc) is 2.91. The minimum absolute atomic E-state index is 0.0304. The maximum absolute atomic E-state index is 13.7. The molecule has 2 aromatic carbocycles. The van der Waals surface area contributed by atoms with Gasteiger partial charge >= 0.3 is 0 Å². The van der Waals surface area contributed by atoms with Gasteiger partial charge in [0.15, 0.2) is 6.19 Å². The Morgan fingerprint density at radius 3 is 2.50 bits per heavy atom. The quantitative estimate of drug-likeness (QED) is 0.277. The zero-order chi connectivity index (χ0) is 25.1. The van der Waals surface area contributed by atoms with Crippen molar-refractivity contribution in [3.63, 3.8) is 0 Å². The Hall–Kier alpha value is -4.19. The molecule has 178 valence electrons. The highest BCUT2D eigenvalue weighted by atomic mass is 35.5. The van der Waals surface area contributed by atoms with E-state index in [9.17, 15) is 9.65 Å². The third-order valence-corrected chi connectivity index (χ3v) is 6.23. The highest BCUT2D eigenvalue weighted by molar-refractivity contribution is 6.33. The molecule has 0 bridgehead atoms. The fraction of sp³-hybridized carbons (Fsp3) is 0.0769. The minimum Gasteiger partial charge on any atom is -0.373 e. The lowest BCUT2D eigenvalue weighted by Gasteiger charge is -2.31. The standard InChI is InChI=1S/C26H18Cl2FN7/c27-20-12-17(4-5-22(20)29)35-26-19-11-18(13-21(28)25(19)33-15-36(26)14-30)34-24(16-6-9-31-10-7-16)23-3-1-2-8-32-23/h1-13,15,24,26,34-35H. The Balaban J connectivity index is 1.54. The first kappa shape index (κ1) is 23.5. The Morgan fingerprint density at radius 1 is 0.972 bits per heavy atom. The number of nitrogens with one attached hydrogen (secondary N) is 2. The summed E-state index contributed by atoms with van der Waals surface area (Å²) in [7, 11) is 0. The molecule has 36 heavy (non-hydrogen) atoms. The highest BCUT2D eigenvalue weighted by Crippen LogP contribution is 2.42. The van der Waals surface area contributed by atoms with E-state index in [1.807, 2.05) is 36.4 Å². The zero-order valence-electron chi connectivity index (χ0n) is 18.6. The maximum atomic E-state index is 13.7. The first-order valence-electron chi connectivity index (χ1n) is 10.9. The van der Waals surface area contributed by atoms with Crippen molar-refractivity contribution in [1.82, 2.24) is 14.9 Å². The Bertz CT molecular complexity index is 1420. The molecule has 0 saturated carbocycles. The zero-order valence-corrected chi connectivity index (χ0v) is 20.1. The van der Waals surface area contributed by atoms with E-state index in [1.54, 1.807) is 30.7 Å². The average molecular weight is 518 g/mol. The number of rotatable bonds is 6. The molecule has 0 spiro atoms. The van der Waals surface area contributed by atoms with Gasteiger partial charge in [-0.25, -0.2) is 14.3 Å². The van der Waals surface area contributed by atoms with E-state index in [0.29, 0.717) is 27.6 Å². The molecule has 1 aliphatic heterocycles. The molecule has 0 radical (unpaired) electrons. The summed E-state index contributed by atoms with van der Waals surface area (Å²) in [4.78, 5) is 14.4. The van der Waals surface area contributed by atoms with Gasteiger partial charge in [-0.05, 0) is 60.2 Å². The van der Waals surface area contributed by atoms with Gasteiger partial charge in [0, 0.05) is 35.5 Å². The van der Waals surface area contributed by atoms with Gasteiger partial charge in [0.2, 0.25) is 0 Å². The van der Waals surface area contributed by atoms with Gasteiger partial charge in [0.25, 0.3) is 0 Å². The predicted octanol–water partition coefficient (Wildman–Crippen LogP) is 6.69. The van der Waals surface area contributed by atoms with Crippen molar-refractivity contribution >= 4 is 46.6 Å². The van der Waals surface area contributed by atoms with Crippen molar-refractivity contribution < 1.29 is 4.39 Å². The van der Waals surface area contributed by atoms with Crippen molar-refractivity contribution in [2.24, 2.45) is 4.99 Å². The van der Waals surface area contributed by atoms with Crippen LogP contribution in [-0.4, -0.2) is 21.2 Å². The number of hydrogen-bond donors (Lipinski definition) is 2. The van der Waals surface area contributed by atoms with Crippen LogP contribution in [0.15, 0.2) is 84.2 Å². The molecule has 2 unspecified atom stereocenters. The van der Waals surface area contributed by atoms with Crippen LogP contribution in [0, 0.1) is 17.3 Å².